The van der Waals surface area contributed by atoms with Crippen LogP contribution in [0.2, 0.25) is 15.1 Å². The molecule has 12 rings (SSSR count). The molecule has 3 aliphatic rings. The number of hydrogen-bond acceptors (Lipinski definition) is 18. The Morgan fingerprint density at radius 3 is 1.52 bits per heavy atom. The van der Waals surface area contributed by atoms with Gasteiger partial charge < -0.3 is 57.2 Å². The molecule has 0 N–H and O–H groups in total. The lowest BCUT2D eigenvalue weighted by Crippen LogP contribution is -2.49. The molecular weight excluding hydrogens is 1310 g/mol. The normalized spacial score (nSPS) is 14.2. The zero-order valence-electron chi connectivity index (χ0n) is 52.8. The maximum absolute atomic E-state index is 13.8. The van der Waals surface area contributed by atoms with Crippen molar-refractivity contribution in [2.45, 2.75) is 20.4 Å². The molecule has 25 nitrogen and oxygen atoms in total. The van der Waals surface area contributed by atoms with Crippen LogP contribution in [0.5, 0.6) is 0 Å². The number of piperazine rings is 3. The van der Waals surface area contributed by atoms with E-state index in [9.17, 15) is 53.8 Å². The lowest BCUT2D eigenvalue weighted by Gasteiger charge is -2.37. The van der Waals surface area contributed by atoms with Crippen LogP contribution in [-0.4, -0.2) is 173 Å². The highest BCUT2D eigenvalue weighted by atomic mass is 35.5. The van der Waals surface area contributed by atoms with Crippen molar-refractivity contribution in [3.8, 4) is 0 Å². The highest BCUT2D eigenvalue weighted by Crippen LogP contribution is 2.38. The van der Waals surface area contributed by atoms with E-state index < -0.39 is 38.3 Å². The predicted octanol–water partition coefficient (Wildman–Crippen LogP) is 9.44. The van der Waals surface area contributed by atoms with Gasteiger partial charge in [0.05, 0.1) is 49.8 Å². The summed E-state index contributed by atoms with van der Waals surface area (Å²) in [5.74, 6) is -0.729. The summed E-state index contributed by atoms with van der Waals surface area (Å²) in [4.78, 5) is 126. The van der Waals surface area contributed by atoms with Gasteiger partial charge in [0, 0.05) is 143 Å². The standard InChI is InChI=1S/C28H33ClN4O4.C19H17ClN4O5.C19H17ClN4O4S/c1-5-37-28(36)24-25(22-18-19(2)6-11-23(22)33(27(24)35)17-12-30(3)4)31-13-15-32(16-14-31)26(34)20-7-9-21(29)10-8-20;2*1-21-14-5-4-12(20)11-13(14)16(17(19(21)26)24(27)28)22-6-8-23(9-7-22)18(25)15-3-2-10-29-15/h6-11,18H,5,12-17H2,1-4H3;2*2-5,10-11H,6-9H2,1H3. The van der Waals surface area contributed by atoms with Gasteiger partial charge in [-0.05, 0) is 124 Å². The van der Waals surface area contributed by atoms with Crippen LogP contribution in [-0.2, 0) is 25.4 Å². The fourth-order valence-electron chi connectivity index (χ4n) is 12.0. The molecule has 0 aliphatic carbocycles. The van der Waals surface area contributed by atoms with Crippen LogP contribution in [0.4, 0.5) is 28.4 Å². The number of carbonyl (C=O) groups excluding carboxylic acids is 4. The molecule has 3 amide bonds. The number of benzene rings is 4. The number of halogens is 3. The van der Waals surface area contributed by atoms with E-state index in [1.165, 1.54) is 40.8 Å². The van der Waals surface area contributed by atoms with Crippen LogP contribution in [0, 0.1) is 27.2 Å². The number of aromatic nitrogens is 3. The molecule has 95 heavy (non-hydrogen) atoms. The number of rotatable bonds is 13. The van der Waals surface area contributed by atoms with E-state index in [0.29, 0.717) is 145 Å². The first-order valence-corrected chi connectivity index (χ1v) is 32.4. The Morgan fingerprint density at radius 2 is 1.05 bits per heavy atom. The monoisotopic (exact) mass is 1370 g/mol. The molecule has 4 aromatic carbocycles. The van der Waals surface area contributed by atoms with E-state index in [1.807, 2.05) is 60.5 Å². The predicted molar refractivity (Wildman–Crippen MR) is 368 cm³/mol. The lowest BCUT2D eigenvalue weighted by molar-refractivity contribution is -0.385. The van der Waals surface area contributed by atoms with E-state index in [0.717, 1.165) is 16.5 Å². The molecule has 496 valence electrons. The Kier molecular flexibility index (Phi) is 21.1. The number of esters is 1. The second-order valence-electron chi connectivity index (χ2n) is 23.0. The molecule has 0 radical (unpaired) electrons. The molecule has 29 heteroatoms. The third-order valence-electron chi connectivity index (χ3n) is 16.8. The minimum Gasteiger partial charge on any atom is -0.462 e. The molecule has 0 bridgehead atoms. The third kappa shape index (κ3) is 14.4. The van der Waals surface area contributed by atoms with Crippen LogP contribution in [0.25, 0.3) is 32.7 Å². The maximum Gasteiger partial charge on any atom is 0.357 e. The van der Waals surface area contributed by atoms with Crippen LogP contribution < -0.4 is 31.4 Å². The quantitative estimate of drug-likeness (QED) is 0.0591. The fraction of sp³-hybridized carbons (Fsp3) is 0.318. The van der Waals surface area contributed by atoms with E-state index in [1.54, 1.807) is 115 Å². The number of nitro groups is 2. The van der Waals surface area contributed by atoms with Gasteiger partial charge in [0.25, 0.3) is 23.3 Å². The number of fused-ring (bicyclic) bond motifs is 3. The lowest BCUT2D eigenvalue weighted by atomic mass is 10.0. The van der Waals surface area contributed by atoms with E-state index in [2.05, 4.69) is 0 Å². The van der Waals surface area contributed by atoms with Crippen molar-refractivity contribution in [1.29, 1.82) is 0 Å². The second-order valence-corrected chi connectivity index (χ2v) is 25.2. The SMILES string of the molecule is CCOC(=O)c1c(N2CCN(C(=O)c3ccc(Cl)cc3)CC2)c2cc(C)ccc2n(CCN(C)C)c1=O.Cn1c(=O)c([N+](=O)[O-])c(N2CCN(C(=O)c3ccco3)CC2)c2cc(Cl)ccc21.Cn1c(=O)c([N+](=O)[O-])c(N2CCN(C(=O)c3cccs3)CC2)c2cc(Cl)ccc21. The Labute approximate surface area is 562 Å². The van der Waals surface area contributed by atoms with Gasteiger partial charge in [0.1, 0.15) is 16.9 Å². The summed E-state index contributed by atoms with van der Waals surface area (Å²) in [6.07, 6.45) is 1.43. The summed E-state index contributed by atoms with van der Waals surface area (Å²) in [5, 5.41) is 28.7. The van der Waals surface area contributed by atoms with Crippen molar-refractivity contribution in [1.82, 2.24) is 33.3 Å². The van der Waals surface area contributed by atoms with Crippen LogP contribution in [0.15, 0.2) is 134 Å². The number of furan rings is 1. The molecule has 0 spiro atoms. The maximum atomic E-state index is 13.8. The van der Waals surface area contributed by atoms with Gasteiger partial charge in [-0.1, -0.05) is 52.5 Å². The van der Waals surface area contributed by atoms with Gasteiger partial charge in [-0.2, -0.15) is 0 Å². The molecular formula is C66H67Cl3N12O13S. The van der Waals surface area contributed by atoms with Crippen molar-refractivity contribution >= 4 is 131 Å². The first-order valence-electron chi connectivity index (χ1n) is 30.3. The number of carbonyl (C=O) groups is 4. The highest BCUT2D eigenvalue weighted by molar-refractivity contribution is 7.12. The number of anilines is 3. The van der Waals surface area contributed by atoms with Crippen molar-refractivity contribution in [3.63, 3.8) is 0 Å². The van der Waals surface area contributed by atoms with Gasteiger partial charge in [-0.15, -0.1) is 11.3 Å². The Morgan fingerprint density at radius 1 is 0.579 bits per heavy atom. The van der Waals surface area contributed by atoms with Crippen LogP contribution in [0.3, 0.4) is 0 Å². The zero-order chi connectivity index (χ0) is 68.1. The Hall–Kier alpha value is -9.60. The summed E-state index contributed by atoms with van der Waals surface area (Å²) in [7, 11) is 6.90. The molecule has 5 aromatic heterocycles. The average molecular weight is 1370 g/mol. The van der Waals surface area contributed by atoms with Crippen molar-refractivity contribution in [2.75, 3.05) is 120 Å². The van der Waals surface area contributed by atoms with Crippen molar-refractivity contribution in [3.05, 3.63) is 208 Å². The number of pyridine rings is 3. The molecule has 0 atom stereocenters. The molecule has 3 fully saturated rings. The topological polar surface area (TPSA) is 266 Å². The minimum absolute atomic E-state index is 0.0500. The van der Waals surface area contributed by atoms with Gasteiger partial charge in [-0.3, -0.25) is 49.0 Å². The van der Waals surface area contributed by atoms with Crippen molar-refractivity contribution in [2.24, 2.45) is 14.1 Å². The number of hydrogen-bond donors (Lipinski definition) is 0. The van der Waals surface area contributed by atoms with Gasteiger partial charge in [0.2, 0.25) is 0 Å². The Balaban J connectivity index is 0.000000157. The first-order chi connectivity index (χ1) is 45.5. The van der Waals surface area contributed by atoms with Gasteiger partial charge in [-0.25, -0.2) is 4.79 Å². The second kappa shape index (κ2) is 29.4. The van der Waals surface area contributed by atoms with Gasteiger partial charge in [0.15, 0.2) is 5.76 Å². The number of amides is 3. The number of nitrogens with zero attached hydrogens (tertiary/aromatic N) is 12. The van der Waals surface area contributed by atoms with Gasteiger partial charge >= 0.3 is 28.5 Å². The van der Waals surface area contributed by atoms with E-state index in [-0.39, 0.29) is 52.6 Å². The zero-order valence-corrected chi connectivity index (χ0v) is 55.9. The summed E-state index contributed by atoms with van der Waals surface area (Å²) in [6, 6.07) is 29.5. The minimum atomic E-state index is -0.686. The third-order valence-corrected chi connectivity index (χ3v) is 18.4. The highest BCUT2D eigenvalue weighted by Gasteiger charge is 2.36. The van der Waals surface area contributed by atoms with Crippen LogP contribution >= 0.6 is 46.1 Å². The number of likely N-dealkylation sites (N-methyl/N-ethyl adjacent to an activating group) is 1. The van der Waals surface area contributed by atoms with Crippen molar-refractivity contribution < 1.29 is 38.2 Å². The smallest absolute Gasteiger partial charge is 0.357 e. The molecule has 9 aromatic rings. The largest absolute Gasteiger partial charge is 0.462 e. The Bertz CT molecular complexity index is 4430. The van der Waals surface area contributed by atoms with E-state index >= 15 is 0 Å². The molecule has 3 saturated heterocycles. The van der Waals surface area contributed by atoms with E-state index in [4.69, 9.17) is 44.0 Å². The molecule has 0 saturated carbocycles. The first kappa shape index (κ1) is 68.3. The molecule has 3 aliphatic heterocycles. The number of thiophene rings is 1. The fourth-order valence-corrected chi connectivity index (χ4v) is 13.2. The van der Waals surface area contributed by atoms with Crippen LogP contribution in [0.1, 0.15) is 53.4 Å². The summed E-state index contributed by atoms with van der Waals surface area (Å²) in [5.41, 5.74) is 1.96. The summed E-state index contributed by atoms with van der Waals surface area (Å²) < 4.78 is 14.7. The number of aryl methyl sites for hydroxylation is 3. The molecule has 0 unspecified atom stereocenters. The number of ether oxygens (including phenoxy) is 1. The average Bonchev–Trinajstić information content (AvgIpc) is 1.07. The summed E-state index contributed by atoms with van der Waals surface area (Å²) >= 11 is 19.6. The molecule has 8 heterocycles. The summed E-state index contributed by atoms with van der Waals surface area (Å²) in [6.45, 7) is 9.80.